The van der Waals surface area contributed by atoms with Crippen LogP contribution in [0.1, 0.15) is 36.5 Å². The Bertz CT molecular complexity index is 1310. The molecule has 0 unspecified atom stereocenters. The van der Waals surface area contributed by atoms with Crippen LogP contribution in [0.3, 0.4) is 0 Å². The number of aliphatic hydroxyl groups is 2. The molecule has 0 aromatic heterocycles. The van der Waals surface area contributed by atoms with Crippen molar-refractivity contribution in [2.75, 3.05) is 48.6 Å². The Morgan fingerprint density at radius 2 is 1.75 bits per heavy atom. The molecule has 11 heteroatoms. The number of esters is 2. The van der Waals surface area contributed by atoms with Gasteiger partial charge in [0.25, 0.3) is 0 Å². The number of ether oxygens (including phenoxy) is 6. The minimum Gasteiger partial charge on any atom is -0.455 e. The maximum atomic E-state index is 13.7. The molecule has 1 heterocycles. The monoisotopic (exact) mass is 615 g/mol. The highest BCUT2D eigenvalue weighted by Gasteiger charge is 2.91. The van der Waals surface area contributed by atoms with Gasteiger partial charge in [-0.25, -0.2) is 4.79 Å². The molecule has 1 aromatic rings. The number of piperidine rings is 1. The van der Waals surface area contributed by atoms with Gasteiger partial charge >= 0.3 is 11.9 Å². The van der Waals surface area contributed by atoms with Crippen molar-refractivity contribution in [3.63, 3.8) is 0 Å². The van der Waals surface area contributed by atoms with E-state index in [4.69, 9.17) is 28.4 Å². The Morgan fingerprint density at radius 1 is 1.02 bits per heavy atom. The van der Waals surface area contributed by atoms with Crippen molar-refractivity contribution in [3.05, 3.63) is 35.9 Å². The van der Waals surface area contributed by atoms with Gasteiger partial charge < -0.3 is 43.5 Å². The first kappa shape index (κ1) is 30.5. The summed E-state index contributed by atoms with van der Waals surface area (Å²) in [5.74, 6) is -2.96. The Balaban J connectivity index is 1.51. The van der Waals surface area contributed by atoms with Crippen LogP contribution in [0.25, 0.3) is 0 Å². The number of aliphatic hydroxyl groups excluding tert-OH is 1. The molecule has 1 aliphatic heterocycles. The fourth-order valence-corrected chi connectivity index (χ4v) is 12.3. The molecule has 1 saturated heterocycles. The van der Waals surface area contributed by atoms with Gasteiger partial charge in [-0.1, -0.05) is 18.2 Å². The van der Waals surface area contributed by atoms with Gasteiger partial charge in [0.1, 0.15) is 23.9 Å². The number of hydrogen-bond donors (Lipinski definition) is 2. The van der Waals surface area contributed by atoms with Crippen molar-refractivity contribution in [1.82, 2.24) is 4.90 Å². The topological polar surface area (TPSA) is 133 Å². The van der Waals surface area contributed by atoms with Gasteiger partial charge in [-0.05, 0) is 44.4 Å². The van der Waals surface area contributed by atoms with Crippen molar-refractivity contribution in [2.45, 2.75) is 73.9 Å². The van der Waals surface area contributed by atoms with E-state index < -0.39 is 64.8 Å². The molecular formula is C33H45NO10. The molecule has 7 rings (SSSR count). The highest BCUT2D eigenvalue weighted by atomic mass is 16.6. The zero-order valence-electron chi connectivity index (χ0n) is 26.3. The predicted octanol–water partition coefficient (Wildman–Crippen LogP) is 1.29. The zero-order chi connectivity index (χ0) is 31.4. The highest BCUT2D eigenvalue weighted by molar-refractivity contribution is 5.89. The molecule has 7 bridgehead atoms. The zero-order valence-corrected chi connectivity index (χ0v) is 26.3. The Hall–Kier alpha value is -2.12. The number of likely N-dealkylation sites (tertiary alicyclic amines) is 1. The molecule has 0 radical (unpaired) electrons. The molecule has 1 aromatic carbocycles. The lowest BCUT2D eigenvalue weighted by molar-refractivity contribution is -0.316. The van der Waals surface area contributed by atoms with E-state index in [-0.39, 0.29) is 35.8 Å². The van der Waals surface area contributed by atoms with Gasteiger partial charge in [-0.15, -0.1) is 0 Å². The van der Waals surface area contributed by atoms with E-state index in [1.54, 1.807) is 45.6 Å². The van der Waals surface area contributed by atoms with Gasteiger partial charge in [0.2, 0.25) is 0 Å². The number of carbonyl (C=O) groups is 2. The van der Waals surface area contributed by atoms with Crippen LogP contribution in [-0.2, 0) is 33.2 Å². The number of rotatable bonds is 8. The van der Waals surface area contributed by atoms with Crippen LogP contribution >= 0.6 is 0 Å². The Kier molecular flexibility index (Phi) is 7.07. The van der Waals surface area contributed by atoms with E-state index in [0.29, 0.717) is 12.2 Å². The van der Waals surface area contributed by atoms with Crippen molar-refractivity contribution >= 4 is 11.9 Å². The van der Waals surface area contributed by atoms with Gasteiger partial charge in [0.15, 0.2) is 5.60 Å². The molecule has 0 amide bonds. The quantitative estimate of drug-likeness (QED) is 0.410. The van der Waals surface area contributed by atoms with Gasteiger partial charge in [0.05, 0.1) is 24.4 Å². The van der Waals surface area contributed by atoms with Crippen LogP contribution in [0, 0.1) is 34.5 Å². The van der Waals surface area contributed by atoms with E-state index in [1.165, 1.54) is 14.0 Å². The van der Waals surface area contributed by atoms with E-state index in [2.05, 4.69) is 11.9 Å². The molecule has 1 spiro atoms. The molecule has 242 valence electrons. The predicted molar refractivity (Wildman–Crippen MR) is 154 cm³/mol. The molecule has 44 heavy (non-hydrogen) atoms. The van der Waals surface area contributed by atoms with Crippen LogP contribution in [0.15, 0.2) is 30.3 Å². The summed E-state index contributed by atoms with van der Waals surface area (Å²) in [6.07, 6.45) is -2.66. The molecule has 11 nitrogen and oxygen atoms in total. The summed E-state index contributed by atoms with van der Waals surface area (Å²) in [7, 11) is 8.63. The van der Waals surface area contributed by atoms with Gasteiger partial charge in [0, 0.05) is 76.5 Å². The summed E-state index contributed by atoms with van der Waals surface area (Å²) >= 11 is 0. The number of hydrogen-bond acceptors (Lipinski definition) is 11. The normalized spacial score (nSPS) is 49.9. The third-order valence-corrected chi connectivity index (χ3v) is 12.8. The third-order valence-electron chi connectivity index (χ3n) is 12.8. The summed E-state index contributed by atoms with van der Waals surface area (Å²) in [5.41, 5.74) is -3.93. The van der Waals surface area contributed by atoms with Crippen LogP contribution in [0.5, 0.6) is 0 Å². The standard InChI is InChI=1S/C33H45NO10/c1-17(35)44-33-21-19(14-31(38,28(42-6)26(33)36)27(21)43-29(37)18-10-8-7-9-11-18)32-20(40-4)12-13-30(16-39-3)15-34(2)25(32)22(33)23(41-5)24(30)32/h7-11,19-28,36,38H,12-16H2,1-6H3/t19-,20+,21-,22+,23+,24-,25-,26+,27+,28+,30+,31-,32+,33-/m1/s1. The largest absolute Gasteiger partial charge is 0.455 e. The molecule has 6 fully saturated rings. The Morgan fingerprint density at radius 3 is 2.36 bits per heavy atom. The second kappa shape index (κ2) is 10.2. The van der Waals surface area contributed by atoms with E-state index >= 15 is 0 Å². The number of methoxy groups -OCH3 is 4. The van der Waals surface area contributed by atoms with Crippen LogP contribution < -0.4 is 0 Å². The number of nitrogens with zero attached hydrogens (tertiary/aromatic N) is 1. The summed E-state index contributed by atoms with van der Waals surface area (Å²) in [6, 6.07) is 8.39. The molecule has 5 saturated carbocycles. The second-order valence-corrected chi connectivity index (χ2v) is 14.2. The summed E-state index contributed by atoms with van der Waals surface area (Å²) in [4.78, 5) is 29.2. The van der Waals surface area contributed by atoms with Crippen molar-refractivity contribution < 1.29 is 48.2 Å². The average Bonchev–Trinajstić information content (AvgIpc) is 3.39. The first-order valence-electron chi connectivity index (χ1n) is 15.7. The smallest absolute Gasteiger partial charge is 0.338 e. The molecule has 14 atom stereocenters. The van der Waals surface area contributed by atoms with Crippen molar-refractivity contribution in [1.29, 1.82) is 0 Å². The fourth-order valence-electron chi connectivity index (χ4n) is 12.3. The lowest BCUT2D eigenvalue weighted by Crippen LogP contribution is -2.80. The molecule has 6 aliphatic rings. The van der Waals surface area contributed by atoms with E-state index in [9.17, 15) is 19.8 Å². The SMILES string of the molecule is COC[C@@]12CC[C@H](OC)[C@@]34[C@@H]5C[C@@]6(O)[C@@H](OC(=O)c7ccccc7)[C@@H]5[C@@](OC(C)=O)([C@@H]([C@H](OC)[C@H]13)[C@H]4N(C)C2)[C@@H](O)[C@@H]6OC. The summed E-state index contributed by atoms with van der Waals surface area (Å²) < 4.78 is 37.5. The lowest BCUT2D eigenvalue weighted by Gasteiger charge is -2.69. The van der Waals surface area contributed by atoms with E-state index in [0.717, 1.165) is 19.4 Å². The molecule has 2 N–H and O–H groups in total. The van der Waals surface area contributed by atoms with Crippen molar-refractivity contribution in [2.24, 2.45) is 34.5 Å². The maximum Gasteiger partial charge on any atom is 0.338 e. The summed E-state index contributed by atoms with van der Waals surface area (Å²) in [5, 5.41) is 25.1. The number of fused-ring (bicyclic) bond motifs is 2. The van der Waals surface area contributed by atoms with E-state index in [1.807, 2.05) is 6.07 Å². The van der Waals surface area contributed by atoms with Gasteiger partial charge in [-0.3, -0.25) is 4.79 Å². The van der Waals surface area contributed by atoms with Crippen molar-refractivity contribution in [3.8, 4) is 0 Å². The second-order valence-electron chi connectivity index (χ2n) is 14.2. The minimum atomic E-state index is -1.76. The van der Waals surface area contributed by atoms with Crippen LogP contribution in [-0.4, -0.2) is 123 Å². The Labute approximate surface area is 258 Å². The van der Waals surface area contributed by atoms with Gasteiger partial charge in [-0.2, -0.15) is 0 Å². The minimum absolute atomic E-state index is 0.103. The first-order valence-corrected chi connectivity index (χ1v) is 15.7. The lowest BCUT2D eigenvalue weighted by atomic mass is 9.43. The highest BCUT2D eigenvalue weighted by Crippen LogP contribution is 2.80. The average molecular weight is 616 g/mol. The molecule has 5 aliphatic carbocycles. The fraction of sp³-hybridized carbons (Fsp3) is 0.758. The molecular weight excluding hydrogens is 570 g/mol. The van der Waals surface area contributed by atoms with Crippen LogP contribution in [0.2, 0.25) is 0 Å². The number of benzene rings is 1. The van der Waals surface area contributed by atoms with Crippen LogP contribution in [0.4, 0.5) is 0 Å². The first-order chi connectivity index (χ1) is 21.0. The summed E-state index contributed by atoms with van der Waals surface area (Å²) in [6.45, 7) is 2.56. The third kappa shape index (κ3) is 3.41. The number of carbonyl (C=O) groups excluding carboxylic acids is 2. The maximum absolute atomic E-state index is 13.7.